The molecule has 0 aromatic heterocycles. The molecule has 2 aromatic carbocycles. The smallest absolute Gasteiger partial charge is 0.172 e. The van der Waals surface area contributed by atoms with Crippen molar-refractivity contribution in [1.29, 1.82) is 0 Å². The van der Waals surface area contributed by atoms with Gasteiger partial charge in [-0.2, -0.15) is 0 Å². The zero-order valence-electron chi connectivity index (χ0n) is 22.4. The van der Waals surface area contributed by atoms with E-state index in [1.54, 1.807) is 12.1 Å². The van der Waals surface area contributed by atoms with Crippen LogP contribution in [0.15, 0.2) is 64.7 Å². The molecule has 2 aromatic rings. The summed E-state index contributed by atoms with van der Waals surface area (Å²) in [4.78, 5) is 10.8. The van der Waals surface area contributed by atoms with Crippen molar-refractivity contribution in [3.8, 4) is 11.5 Å². The minimum atomic E-state index is -0.278. The Morgan fingerprint density at radius 1 is 1.13 bits per heavy atom. The third-order valence-electron chi connectivity index (χ3n) is 7.15. The van der Waals surface area contributed by atoms with Gasteiger partial charge in [-0.1, -0.05) is 24.3 Å². The molecule has 1 heterocycles. The fourth-order valence-corrected chi connectivity index (χ4v) is 5.31. The van der Waals surface area contributed by atoms with Crippen molar-refractivity contribution in [2.24, 2.45) is 4.99 Å². The number of fused-ring (bicyclic) bond motifs is 1. The van der Waals surface area contributed by atoms with Gasteiger partial charge in [0.15, 0.2) is 5.75 Å². The van der Waals surface area contributed by atoms with Crippen LogP contribution in [-0.2, 0) is 11.2 Å². The van der Waals surface area contributed by atoms with Crippen molar-refractivity contribution in [3.05, 3.63) is 76.4 Å². The summed E-state index contributed by atoms with van der Waals surface area (Å²) in [6.07, 6.45) is 8.23. The van der Waals surface area contributed by atoms with Crippen molar-refractivity contribution in [2.45, 2.75) is 52.1 Å². The van der Waals surface area contributed by atoms with Crippen molar-refractivity contribution < 1.29 is 23.3 Å². The van der Waals surface area contributed by atoms with E-state index in [4.69, 9.17) is 9.47 Å². The maximum Gasteiger partial charge on any atom is 0.172 e. The van der Waals surface area contributed by atoms with Crippen LogP contribution in [0.3, 0.4) is 0 Å². The number of halogens is 2. The Bertz CT molecular complexity index is 1140. The predicted octanol–water partition coefficient (Wildman–Crippen LogP) is 6.91. The van der Waals surface area contributed by atoms with E-state index < -0.39 is 0 Å². The molecular formula is C31H38F2N2O3. The van der Waals surface area contributed by atoms with Crippen LogP contribution in [0, 0.1) is 0 Å². The van der Waals surface area contributed by atoms with E-state index in [9.17, 15) is 8.92 Å². The molecule has 1 aliphatic carbocycles. The van der Waals surface area contributed by atoms with Gasteiger partial charge < -0.3 is 9.47 Å². The quantitative estimate of drug-likeness (QED) is 0.224. The number of nitrogens with zero attached hydrogens (tertiary/aromatic N) is 2. The molecule has 0 radical (unpaired) electrons. The van der Waals surface area contributed by atoms with Crippen LogP contribution < -0.4 is 9.68 Å². The zero-order chi connectivity index (χ0) is 26.7. The molecular weight excluding hydrogens is 486 g/mol. The highest BCUT2D eigenvalue weighted by atomic mass is 19.3. The van der Waals surface area contributed by atoms with Gasteiger partial charge >= 0.3 is 0 Å². The van der Waals surface area contributed by atoms with Crippen LogP contribution in [0.2, 0.25) is 0 Å². The van der Waals surface area contributed by atoms with Crippen molar-refractivity contribution in [2.75, 3.05) is 39.6 Å². The lowest BCUT2D eigenvalue weighted by Gasteiger charge is -2.19. The number of likely N-dealkylation sites (tertiary alicyclic amines) is 1. The Balaban J connectivity index is 1.64. The average Bonchev–Trinajstić information content (AvgIpc) is 3.31. The largest absolute Gasteiger partial charge is 0.489 e. The molecule has 0 spiro atoms. The first-order valence-electron chi connectivity index (χ1n) is 13.6. The molecule has 0 unspecified atom stereocenters. The van der Waals surface area contributed by atoms with E-state index >= 15 is 0 Å². The van der Waals surface area contributed by atoms with E-state index in [1.165, 1.54) is 5.57 Å². The Hall–Kier alpha value is -3.03. The fraction of sp³-hybridized carbons (Fsp3) is 0.452. The molecule has 4 rings (SSSR count). The highest BCUT2D eigenvalue weighted by molar-refractivity contribution is 5.95. The maximum atomic E-state index is 13.0. The van der Waals surface area contributed by atoms with Gasteiger partial charge in [-0.15, -0.1) is 0 Å². The first-order valence-corrected chi connectivity index (χ1v) is 13.6. The minimum Gasteiger partial charge on any atom is -0.489 e. The van der Waals surface area contributed by atoms with Crippen LogP contribution >= 0.6 is 0 Å². The molecule has 1 fully saturated rings. The Morgan fingerprint density at radius 3 is 2.68 bits per heavy atom. The average molecular weight is 525 g/mol. The summed E-state index contributed by atoms with van der Waals surface area (Å²) in [6.45, 7) is 7.19. The van der Waals surface area contributed by atoms with Gasteiger partial charge in [0, 0.05) is 37.0 Å². The summed E-state index contributed by atoms with van der Waals surface area (Å²) in [7, 11) is 0. The topological polar surface area (TPSA) is 43.3 Å². The van der Waals surface area contributed by atoms with E-state index in [0.717, 1.165) is 78.9 Å². The lowest BCUT2D eigenvalue weighted by molar-refractivity contribution is -0.00629. The van der Waals surface area contributed by atoms with Crippen molar-refractivity contribution >= 4 is 11.8 Å². The molecule has 38 heavy (non-hydrogen) atoms. The normalized spacial score (nSPS) is 18.6. The number of allylic oxidation sites excluding steroid dienone is 3. The van der Waals surface area contributed by atoms with E-state index in [2.05, 4.69) is 33.0 Å². The standard InChI is InChI=1S/C31H38F2N2O3/c1-3-23(20-34-22-36-4-2)29-8-5-7-25-19-27(38-33)13-14-30(25)31(29)24-9-11-26(12-10-24)37-28-15-18-35(21-28)17-6-16-32/h3,9-14,19-20,28H,4-8,15-18,21-22H2,1-2H3/b23-3+,34-20?/t28-/m0/s1. The van der Waals surface area contributed by atoms with Gasteiger partial charge in [0.2, 0.25) is 0 Å². The van der Waals surface area contributed by atoms with Gasteiger partial charge in [0.1, 0.15) is 18.6 Å². The number of benzene rings is 2. The molecule has 0 bridgehead atoms. The third kappa shape index (κ3) is 7.08. The number of rotatable bonds is 12. The van der Waals surface area contributed by atoms with Crippen LogP contribution in [0.1, 0.15) is 56.2 Å². The Labute approximate surface area is 224 Å². The third-order valence-corrected chi connectivity index (χ3v) is 7.15. The van der Waals surface area contributed by atoms with E-state index in [-0.39, 0.29) is 18.5 Å². The van der Waals surface area contributed by atoms with Gasteiger partial charge in [-0.25, -0.2) is 0 Å². The van der Waals surface area contributed by atoms with Crippen molar-refractivity contribution in [3.63, 3.8) is 0 Å². The Kier molecular flexibility index (Phi) is 10.5. The first kappa shape index (κ1) is 28.0. The molecule has 204 valence electrons. The summed E-state index contributed by atoms with van der Waals surface area (Å²) in [5.41, 5.74) is 6.57. The summed E-state index contributed by atoms with van der Waals surface area (Å²) in [5.74, 6) is 1.05. The summed E-state index contributed by atoms with van der Waals surface area (Å²) < 4.78 is 37.2. The summed E-state index contributed by atoms with van der Waals surface area (Å²) >= 11 is 0. The van der Waals surface area contributed by atoms with Gasteiger partial charge in [0.25, 0.3) is 0 Å². The number of hydrogen-bond acceptors (Lipinski definition) is 5. The number of aliphatic imine (C=N–C) groups is 1. The minimum absolute atomic E-state index is 0.115. The highest BCUT2D eigenvalue weighted by Gasteiger charge is 2.24. The molecule has 7 heteroatoms. The second-order valence-corrected chi connectivity index (χ2v) is 9.68. The maximum absolute atomic E-state index is 13.0. The van der Waals surface area contributed by atoms with E-state index in [1.807, 2.05) is 38.3 Å². The number of aryl methyl sites for hydroxylation is 1. The second-order valence-electron chi connectivity index (χ2n) is 9.68. The summed E-state index contributed by atoms with van der Waals surface area (Å²) in [6, 6.07) is 13.7. The van der Waals surface area contributed by atoms with Crippen molar-refractivity contribution in [1.82, 2.24) is 4.90 Å². The zero-order valence-corrected chi connectivity index (χ0v) is 22.4. The first-order chi connectivity index (χ1) is 18.7. The SMILES string of the molecule is C/C=C(\C=NCOCC)C1=C(c2ccc(O[C@H]3CCN(CCCF)C3)cc2)c2ccc(OF)cc2CCC1. The van der Waals surface area contributed by atoms with Gasteiger partial charge in [-0.05, 0) is 104 Å². The van der Waals surface area contributed by atoms with E-state index in [0.29, 0.717) is 19.8 Å². The number of hydrogen-bond donors (Lipinski definition) is 0. The molecule has 0 N–H and O–H groups in total. The van der Waals surface area contributed by atoms with Gasteiger partial charge in [0.05, 0.1) is 6.67 Å². The van der Waals surface area contributed by atoms with Crippen LogP contribution in [0.5, 0.6) is 11.5 Å². The second kappa shape index (κ2) is 14.2. The Morgan fingerprint density at radius 2 is 1.95 bits per heavy atom. The molecule has 1 atom stereocenters. The predicted molar refractivity (Wildman–Crippen MR) is 148 cm³/mol. The molecule has 0 saturated carbocycles. The van der Waals surface area contributed by atoms with Gasteiger partial charge in [-0.3, -0.25) is 19.2 Å². The monoisotopic (exact) mass is 524 g/mol. The highest BCUT2D eigenvalue weighted by Crippen LogP contribution is 2.39. The molecule has 1 aliphatic heterocycles. The molecule has 2 aliphatic rings. The molecule has 1 saturated heterocycles. The fourth-order valence-electron chi connectivity index (χ4n) is 5.31. The molecule has 5 nitrogen and oxygen atoms in total. The lowest BCUT2D eigenvalue weighted by atomic mass is 9.87. The van der Waals surface area contributed by atoms with Crippen LogP contribution in [-0.4, -0.2) is 56.9 Å². The molecule has 0 amide bonds. The van der Waals surface area contributed by atoms with Crippen LogP contribution in [0.25, 0.3) is 5.57 Å². The lowest BCUT2D eigenvalue weighted by Crippen LogP contribution is -2.26. The number of ether oxygens (including phenoxy) is 2. The number of alkyl halides is 1. The summed E-state index contributed by atoms with van der Waals surface area (Å²) in [5, 5.41) is 0. The van der Waals surface area contributed by atoms with Crippen LogP contribution in [0.4, 0.5) is 8.92 Å².